The van der Waals surface area contributed by atoms with E-state index in [2.05, 4.69) is 13.5 Å². The van der Waals surface area contributed by atoms with Crippen molar-refractivity contribution < 1.29 is 12.6 Å². The third-order valence-electron chi connectivity index (χ3n) is 3.97. The van der Waals surface area contributed by atoms with E-state index in [0.29, 0.717) is 0 Å². The molecule has 0 bridgehead atoms. The first-order valence-electron chi connectivity index (χ1n) is 8.11. The fourth-order valence-electron chi connectivity index (χ4n) is 2.69. The van der Waals surface area contributed by atoms with Gasteiger partial charge in [-0.1, -0.05) is 54.6 Å². The maximum absolute atomic E-state index is 16.0. The van der Waals surface area contributed by atoms with E-state index in [1.807, 2.05) is 0 Å². The lowest BCUT2D eigenvalue weighted by Crippen LogP contribution is -2.07. The molecule has 0 N–H and O–H groups in total. The van der Waals surface area contributed by atoms with E-state index >= 15 is 12.6 Å². The van der Waals surface area contributed by atoms with Crippen LogP contribution >= 0.6 is 22.5 Å². The average Bonchev–Trinajstić information content (AvgIpc) is 2.69. The van der Waals surface area contributed by atoms with Gasteiger partial charge in [0.25, 0.3) is 22.5 Å². The van der Waals surface area contributed by atoms with Gasteiger partial charge in [-0.15, -0.1) is 0 Å². The van der Waals surface area contributed by atoms with Gasteiger partial charge in [0.2, 0.25) is 0 Å². The van der Waals surface area contributed by atoms with Crippen molar-refractivity contribution in [2.75, 3.05) is 0 Å². The highest BCUT2D eigenvalue weighted by atomic mass is 31.3. The molecule has 4 rings (SSSR count). The molecule has 1 aliphatic heterocycles. The third kappa shape index (κ3) is 3.50. The van der Waals surface area contributed by atoms with Crippen LogP contribution in [0.3, 0.4) is 0 Å². The molecule has 0 saturated carbocycles. The van der Waals surface area contributed by atoms with Gasteiger partial charge in [0.05, 0.1) is 0 Å². The molecular weight excluding hydrogens is 408 g/mol. The number of hydrogen-bond donors (Lipinski definition) is 0. The van der Waals surface area contributed by atoms with Crippen LogP contribution < -0.4 is 15.9 Å². The molecule has 9 heteroatoms. The Balaban J connectivity index is 2.07. The summed E-state index contributed by atoms with van der Waals surface area (Å²) < 4.78 is 59.4. The predicted octanol–water partition coefficient (Wildman–Crippen LogP) is 6.98. The average molecular weight is 423 g/mol. The summed E-state index contributed by atoms with van der Waals surface area (Å²) in [5.41, 5.74) is 0. The second kappa shape index (κ2) is 6.95. The van der Waals surface area contributed by atoms with Gasteiger partial charge in [-0.05, 0) is 36.4 Å². The third-order valence-corrected chi connectivity index (χ3v) is 12.5. The molecular formula is C18H15F3N3P3. The summed E-state index contributed by atoms with van der Waals surface area (Å²) in [5.74, 6) is 0. The van der Waals surface area contributed by atoms with Gasteiger partial charge in [0.1, 0.15) is 0 Å². The molecule has 27 heavy (non-hydrogen) atoms. The normalized spacial score (nSPS) is 29.9. The van der Waals surface area contributed by atoms with Crippen molar-refractivity contribution in [1.29, 1.82) is 0 Å². The van der Waals surface area contributed by atoms with E-state index in [4.69, 9.17) is 0 Å². The zero-order chi connectivity index (χ0) is 19.0. The Bertz CT molecular complexity index is 971. The molecule has 0 aliphatic carbocycles. The fraction of sp³-hybridized carbons (Fsp3) is 0. The van der Waals surface area contributed by atoms with Gasteiger partial charge in [-0.25, -0.2) is 0 Å². The minimum atomic E-state index is -4.28. The van der Waals surface area contributed by atoms with Gasteiger partial charge >= 0.3 is 0 Å². The Kier molecular flexibility index (Phi) is 4.76. The Labute approximate surface area is 156 Å². The monoisotopic (exact) mass is 423 g/mol. The number of hydrogen-bond acceptors (Lipinski definition) is 3. The first-order chi connectivity index (χ1) is 12.9. The van der Waals surface area contributed by atoms with Crippen LogP contribution in [-0.4, -0.2) is 0 Å². The predicted molar refractivity (Wildman–Crippen MR) is 110 cm³/mol. The van der Waals surface area contributed by atoms with Crippen LogP contribution in [0.2, 0.25) is 0 Å². The summed E-state index contributed by atoms with van der Waals surface area (Å²) in [5, 5.41) is 0.280. The van der Waals surface area contributed by atoms with Crippen LogP contribution in [0.25, 0.3) is 0 Å². The van der Waals surface area contributed by atoms with Crippen LogP contribution in [-0.2, 0) is 0 Å². The second-order valence-corrected chi connectivity index (χ2v) is 12.7. The summed E-state index contributed by atoms with van der Waals surface area (Å²) in [4.78, 5) is 0. The topological polar surface area (TPSA) is 37.1 Å². The number of halogens is 3. The highest BCUT2D eigenvalue weighted by molar-refractivity contribution is 7.89. The molecule has 1 aliphatic rings. The molecule has 0 amide bonds. The van der Waals surface area contributed by atoms with Crippen molar-refractivity contribution in [1.82, 2.24) is 0 Å². The van der Waals surface area contributed by atoms with Crippen LogP contribution in [0.5, 0.6) is 0 Å². The van der Waals surface area contributed by atoms with Crippen LogP contribution in [0.1, 0.15) is 0 Å². The summed E-state index contributed by atoms with van der Waals surface area (Å²) in [6.07, 6.45) is 0. The Morgan fingerprint density at radius 2 is 0.630 bits per heavy atom. The molecule has 3 aromatic carbocycles. The summed E-state index contributed by atoms with van der Waals surface area (Å²) in [7, 11) is -12.9. The van der Waals surface area contributed by atoms with Gasteiger partial charge in [-0.2, -0.15) is 26.1 Å². The molecule has 0 aromatic heterocycles. The summed E-state index contributed by atoms with van der Waals surface area (Å²) in [6.45, 7) is 0. The zero-order valence-electron chi connectivity index (χ0n) is 14.0. The van der Waals surface area contributed by atoms with Gasteiger partial charge in [0.15, 0.2) is 0 Å². The van der Waals surface area contributed by atoms with Crippen LogP contribution in [0.4, 0.5) is 12.6 Å². The van der Waals surface area contributed by atoms with Crippen molar-refractivity contribution in [3.05, 3.63) is 91.0 Å². The molecule has 3 aromatic rings. The maximum atomic E-state index is 16.0. The molecule has 0 fully saturated rings. The molecule has 0 spiro atoms. The van der Waals surface area contributed by atoms with Crippen molar-refractivity contribution in [3.8, 4) is 0 Å². The first kappa shape index (κ1) is 18.5. The van der Waals surface area contributed by atoms with Gasteiger partial charge < -0.3 is 0 Å². The molecule has 0 saturated heterocycles. The highest BCUT2D eigenvalue weighted by Gasteiger charge is 2.40. The lowest BCUT2D eigenvalue weighted by molar-refractivity contribution is 0.850. The Morgan fingerprint density at radius 3 is 0.852 bits per heavy atom. The Morgan fingerprint density at radius 1 is 0.407 bits per heavy atom. The lowest BCUT2D eigenvalue weighted by atomic mass is 10.4. The fourth-order valence-corrected chi connectivity index (χ4v) is 12.0. The molecule has 0 atom stereocenters. The van der Waals surface area contributed by atoms with E-state index in [1.165, 1.54) is 36.4 Å². The number of nitrogens with zero attached hydrogens (tertiary/aromatic N) is 3. The van der Waals surface area contributed by atoms with Crippen molar-refractivity contribution in [2.24, 2.45) is 13.5 Å². The van der Waals surface area contributed by atoms with Crippen molar-refractivity contribution in [3.63, 3.8) is 0 Å². The molecule has 0 radical (unpaired) electrons. The molecule has 1 heterocycles. The van der Waals surface area contributed by atoms with Crippen LogP contribution in [0, 0.1) is 0 Å². The van der Waals surface area contributed by atoms with E-state index in [0.717, 1.165) is 0 Å². The second-order valence-electron chi connectivity index (χ2n) is 5.85. The summed E-state index contributed by atoms with van der Waals surface area (Å²) >= 11 is 0. The molecule has 138 valence electrons. The van der Waals surface area contributed by atoms with E-state index in [9.17, 15) is 0 Å². The van der Waals surface area contributed by atoms with E-state index < -0.39 is 22.5 Å². The highest BCUT2D eigenvalue weighted by Crippen LogP contribution is 2.79. The quantitative estimate of drug-likeness (QED) is 0.408. The minimum Gasteiger partial charge on any atom is -0.178 e. The van der Waals surface area contributed by atoms with Crippen molar-refractivity contribution >= 4 is 38.5 Å². The summed E-state index contributed by atoms with van der Waals surface area (Å²) in [6, 6.07) is 23.6. The van der Waals surface area contributed by atoms with Gasteiger partial charge in [-0.3, -0.25) is 0 Å². The number of benzene rings is 3. The van der Waals surface area contributed by atoms with E-state index in [-0.39, 0.29) is 15.9 Å². The zero-order valence-corrected chi connectivity index (χ0v) is 16.7. The molecule has 3 nitrogen and oxygen atoms in total. The Hall–Kier alpha value is -1.86. The lowest BCUT2D eigenvalue weighted by Gasteiger charge is -2.25. The van der Waals surface area contributed by atoms with Crippen LogP contribution in [0.15, 0.2) is 105 Å². The van der Waals surface area contributed by atoms with Gasteiger partial charge in [0, 0.05) is 15.9 Å². The largest absolute Gasteiger partial charge is 0.279 e. The number of rotatable bonds is 3. The first-order valence-corrected chi connectivity index (χ1v) is 12.9. The SMILES string of the molecule is FP1(c2ccccc2)=NP(F)(c2ccccc2)=NP(F)(c2ccccc2)=N1. The maximum Gasteiger partial charge on any atom is 0.279 e. The van der Waals surface area contributed by atoms with E-state index in [1.54, 1.807) is 54.6 Å². The molecule has 0 unspecified atom stereocenters. The standard InChI is InChI=1S/C18H15F3N3P3/c19-25(16-10-4-1-5-11-16)22-26(20,17-12-6-2-7-13-17)24-27(21,23-25)18-14-8-3-9-15-18/h1-15H. The smallest absolute Gasteiger partial charge is 0.178 e. The van der Waals surface area contributed by atoms with Crippen molar-refractivity contribution in [2.45, 2.75) is 0 Å². The minimum absolute atomic E-state index is 0.0933.